The second kappa shape index (κ2) is 5.68. The first kappa shape index (κ1) is 13.8. The van der Waals surface area contributed by atoms with E-state index in [1.54, 1.807) is 7.11 Å². The topological polar surface area (TPSA) is 30.3 Å². The lowest BCUT2D eigenvalue weighted by Gasteiger charge is -2.31. The van der Waals surface area contributed by atoms with Crippen LogP contribution in [0.25, 0.3) is 0 Å². The first-order valence-electron chi connectivity index (χ1n) is 6.94. The fourth-order valence-electron chi connectivity index (χ4n) is 2.97. The molecule has 5 heteroatoms. The molecule has 1 aliphatic heterocycles. The van der Waals surface area contributed by atoms with Crippen LogP contribution in [0, 0.1) is 6.92 Å². The van der Waals surface area contributed by atoms with E-state index >= 15 is 0 Å². The normalized spacial score (nSPS) is 19.2. The zero-order valence-electron chi connectivity index (χ0n) is 12.3. The maximum absolute atomic E-state index is 5.38. The number of methoxy groups -OCH3 is 1. The van der Waals surface area contributed by atoms with Gasteiger partial charge in [-0.2, -0.15) is 5.10 Å². The molecule has 4 nitrogen and oxygen atoms in total. The van der Waals surface area contributed by atoms with Crippen LogP contribution in [0.5, 0.6) is 0 Å². The summed E-state index contributed by atoms with van der Waals surface area (Å²) in [6.45, 7) is 5.93. The molecule has 0 fully saturated rings. The van der Waals surface area contributed by atoms with E-state index in [4.69, 9.17) is 4.74 Å². The highest BCUT2D eigenvalue weighted by molar-refractivity contribution is 7.11. The Morgan fingerprint density at radius 3 is 3.00 bits per heavy atom. The highest BCUT2D eigenvalue weighted by Gasteiger charge is 2.28. The van der Waals surface area contributed by atoms with Crippen LogP contribution in [0.1, 0.15) is 26.9 Å². The number of hydrogen-bond donors (Lipinski definition) is 0. The van der Waals surface area contributed by atoms with Crippen LogP contribution in [-0.2, 0) is 24.9 Å². The molecule has 0 radical (unpaired) electrons. The average Bonchev–Trinajstić information content (AvgIpc) is 2.95. The van der Waals surface area contributed by atoms with Gasteiger partial charge in [-0.3, -0.25) is 9.58 Å². The van der Waals surface area contributed by atoms with Gasteiger partial charge in [0.15, 0.2) is 0 Å². The van der Waals surface area contributed by atoms with Crippen LogP contribution in [0.3, 0.4) is 0 Å². The zero-order chi connectivity index (χ0) is 14.1. The summed E-state index contributed by atoms with van der Waals surface area (Å²) in [5.74, 6) is 0.381. The summed E-state index contributed by atoms with van der Waals surface area (Å²) in [7, 11) is 3.76. The van der Waals surface area contributed by atoms with Crippen molar-refractivity contribution in [1.29, 1.82) is 0 Å². The Hall–Kier alpha value is -1.17. The molecule has 0 aliphatic carbocycles. The first-order chi connectivity index (χ1) is 9.65. The molecule has 20 heavy (non-hydrogen) atoms. The van der Waals surface area contributed by atoms with Crippen molar-refractivity contribution in [3.05, 3.63) is 39.3 Å². The largest absolute Gasteiger partial charge is 0.384 e. The molecule has 0 saturated heterocycles. The number of aryl methyl sites for hydroxylation is 2. The van der Waals surface area contributed by atoms with Crippen molar-refractivity contribution in [3.8, 4) is 0 Å². The van der Waals surface area contributed by atoms with Gasteiger partial charge in [0.05, 0.1) is 12.3 Å². The summed E-state index contributed by atoms with van der Waals surface area (Å²) in [5.41, 5.74) is 2.56. The van der Waals surface area contributed by atoms with Gasteiger partial charge in [0.25, 0.3) is 0 Å². The second-order valence-corrected chi connectivity index (χ2v) is 6.92. The molecule has 3 rings (SSSR count). The Morgan fingerprint density at radius 1 is 1.45 bits per heavy atom. The molecule has 1 aliphatic rings. The summed E-state index contributed by atoms with van der Waals surface area (Å²) in [5, 5.41) is 4.61. The van der Waals surface area contributed by atoms with E-state index in [9.17, 15) is 0 Å². The van der Waals surface area contributed by atoms with Gasteiger partial charge in [0.2, 0.25) is 0 Å². The number of fused-ring (bicyclic) bond motifs is 1. The number of ether oxygens (including phenoxy) is 1. The molecule has 0 aromatic carbocycles. The van der Waals surface area contributed by atoms with Crippen molar-refractivity contribution in [2.45, 2.75) is 25.9 Å². The molecule has 0 spiro atoms. The Balaban J connectivity index is 1.78. The van der Waals surface area contributed by atoms with Crippen molar-refractivity contribution in [2.75, 3.05) is 20.3 Å². The molecular formula is C15H21N3OS. The van der Waals surface area contributed by atoms with Gasteiger partial charge < -0.3 is 4.74 Å². The average molecular weight is 291 g/mol. The molecule has 108 valence electrons. The number of nitrogens with zero attached hydrogens (tertiary/aromatic N) is 3. The van der Waals surface area contributed by atoms with E-state index in [-0.39, 0.29) is 0 Å². The smallest absolute Gasteiger partial charge is 0.0736 e. The third-order valence-electron chi connectivity index (χ3n) is 3.74. The predicted molar refractivity (Wildman–Crippen MR) is 81.0 cm³/mol. The molecule has 2 aromatic rings. The van der Waals surface area contributed by atoms with E-state index in [2.05, 4.69) is 35.3 Å². The highest BCUT2D eigenvalue weighted by atomic mass is 32.1. The minimum atomic E-state index is 0.381. The van der Waals surface area contributed by atoms with E-state index in [1.807, 2.05) is 23.1 Å². The van der Waals surface area contributed by atoms with Gasteiger partial charge in [-0.1, -0.05) is 0 Å². The van der Waals surface area contributed by atoms with E-state index < -0.39 is 0 Å². The molecule has 3 heterocycles. The van der Waals surface area contributed by atoms with Gasteiger partial charge in [-0.05, 0) is 19.1 Å². The lowest BCUT2D eigenvalue weighted by atomic mass is 9.97. The van der Waals surface area contributed by atoms with Crippen molar-refractivity contribution in [1.82, 2.24) is 14.7 Å². The van der Waals surface area contributed by atoms with Crippen molar-refractivity contribution in [2.24, 2.45) is 7.05 Å². The number of rotatable bonds is 4. The lowest BCUT2D eigenvalue weighted by molar-refractivity contribution is 0.135. The Kier molecular flexibility index (Phi) is 3.92. The van der Waals surface area contributed by atoms with Gasteiger partial charge in [-0.15, -0.1) is 11.3 Å². The summed E-state index contributed by atoms with van der Waals surface area (Å²) in [6, 6.07) is 4.44. The molecular weight excluding hydrogens is 270 g/mol. The van der Waals surface area contributed by atoms with E-state index in [0.717, 1.165) is 26.2 Å². The van der Waals surface area contributed by atoms with E-state index in [1.165, 1.54) is 21.0 Å². The van der Waals surface area contributed by atoms with Crippen LogP contribution < -0.4 is 0 Å². The predicted octanol–water partition coefficient (Wildman–Crippen LogP) is 2.54. The molecule has 1 atom stereocenters. The number of thiophene rings is 1. The third kappa shape index (κ3) is 2.80. The number of hydrogen-bond acceptors (Lipinski definition) is 4. The minimum Gasteiger partial charge on any atom is -0.384 e. The van der Waals surface area contributed by atoms with Crippen LogP contribution in [-0.4, -0.2) is 34.9 Å². The van der Waals surface area contributed by atoms with Crippen LogP contribution in [0.4, 0.5) is 0 Å². The monoisotopic (exact) mass is 291 g/mol. The lowest BCUT2D eigenvalue weighted by Crippen LogP contribution is -2.34. The van der Waals surface area contributed by atoms with Crippen LogP contribution in [0.15, 0.2) is 18.3 Å². The maximum atomic E-state index is 5.38. The second-order valence-electron chi connectivity index (χ2n) is 5.55. The molecule has 0 amide bonds. The maximum Gasteiger partial charge on any atom is 0.0736 e. The molecule has 2 aromatic heterocycles. The summed E-state index contributed by atoms with van der Waals surface area (Å²) in [6.07, 6.45) is 2.14. The summed E-state index contributed by atoms with van der Waals surface area (Å²) < 4.78 is 7.30. The Labute approximate surface area is 124 Å². The standard InChI is InChI=1S/C15H21N3OS/c1-11-4-5-14(20-11)9-18-7-12-6-17(2)16-15(12)13(8-18)10-19-3/h4-6,13H,7-10H2,1-3H3. The van der Waals surface area contributed by atoms with Gasteiger partial charge in [0.1, 0.15) is 0 Å². The fourth-order valence-corrected chi connectivity index (χ4v) is 3.90. The Morgan fingerprint density at radius 2 is 2.30 bits per heavy atom. The summed E-state index contributed by atoms with van der Waals surface area (Å²) >= 11 is 1.89. The number of aromatic nitrogens is 2. The quantitative estimate of drug-likeness (QED) is 0.867. The molecule has 0 bridgehead atoms. The molecule has 0 saturated carbocycles. The summed E-state index contributed by atoms with van der Waals surface area (Å²) in [4.78, 5) is 5.32. The van der Waals surface area contributed by atoms with Crippen molar-refractivity contribution in [3.63, 3.8) is 0 Å². The SMILES string of the molecule is COCC1CN(Cc2ccc(C)s2)Cc2cn(C)nc21. The fraction of sp³-hybridized carbons (Fsp3) is 0.533. The van der Waals surface area contributed by atoms with Gasteiger partial charge in [-0.25, -0.2) is 0 Å². The first-order valence-corrected chi connectivity index (χ1v) is 7.76. The third-order valence-corrected chi connectivity index (χ3v) is 4.73. The van der Waals surface area contributed by atoms with Crippen LogP contribution >= 0.6 is 11.3 Å². The van der Waals surface area contributed by atoms with E-state index in [0.29, 0.717) is 5.92 Å². The minimum absolute atomic E-state index is 0.381. The van der Waals surface area contributed by atoms with Gasteiger partial charge >= 0.3 is 0 Å². The molecule has 0 N–H and O–H groups in total. The molecule has 1 unspecified atom stereocenters. The van der Waals surface area contributed by atoms with Gasteiger partial charge in [0, 0.05) is 61.2 Å². The van der Waals surface area contributed by atoms with Crippen molar-refractivity contribution < 1.29 is 4.74 Å². The Bertz CT molecular complexity index is 590. The van der Waals surface area contributed by atoms with Crippen LogP contribution in [0.2, 0.25) is 0 Å². The highest BCUT2D eigenvalue weighted by Crippen LogP contribution is 2.29. The zero-order valence-corrected chi connectivity index (χ0v) is 13.1. The van der Waals surface area contributed by atoms with Crippen molar-refractivity contribution >= 4 is 11.3 Å².